The van der Waals surface area contributed by atoms with Gasteiger partial charge in [0.1, 0.15) is 17.4 Å². The Bertz CT molecular complexity index is 1320. The van der Waals surface area contributed by atoms with Crippen LogP contribution in [-0.2, 0) is 11.2 Å². The number of phenols is 1. The number of rotatable bonds is 5. The van der Waals surface area contributed by atoms with Crippen LogP contribution >= 0.6 is 0 Å². The smallest absolute Gasteiger partial charge is 0.224 e. The number of amides is 1. The largest absolute Gasteiger partial charge is 0.508 e. The minimum Gasteiger partial charge on any atom is -0.508 e. The Morgan fingerprint density at radius 2 is 2.00 bits per heavy atom. The first-order valence-electron chi connectivity index (χ1n) is 9.61. The molecule has 0 aliphatic carbocycles. The number of aromatic hydroxyl groups is 1. The fourth-order valence-corrected chi connectivity index (χ4v) is 3.40. The van der Waals surface area contributed by atoms with Crippen LogP contribution in [0.3, 0.4) is 0 Å². The molecule has 0 fully saturated rings. The van der Waals surface area contributed by atoms with Crippen LogP contribution < -0.4 is 5.32 Å². The Morgan fingerprint density at radius 1 is 1.23 bits per heavy atom. The summed E-state index contributed by atoms with van der Waals surface area (Å²) >= 11 is 0. The van der Waals surface area contributed by atoms with E-state index in [0.717, 1.165) is 17.0 Å². The molecule has 2 N–H and O–H groups in total. The zero-order chi connectivity index (χ0) is 22.0. The molecule has 9 nitrogen and oxygen atoms in total. The van der Waals surface area contributed by atoms with Crippen molar-refractivity contribution in [3.63, 3.8) is 0 Å². The minimum absolute atomic E-state index is 0.135. The van der Waals surface area contributed by atoms with E-state index in [4.69, 9.17) is 5.26 Å². The number of nitrogens with one attached hydrogen (secondary N) is 1. The van der Waals surface area contributed by atoms with Gasteiger partial charge in [0.05, 0.1) is 24.3 Å². The highest BCUT2D eigenvalue weighted by Crippen LogP contribution is 2.21. The van der Waals surface area contributed by atoms with Crippen LogP contribution in [0.25, 0.3) is 17.0 Å². The minimum atomic E-state index is -0.175. The van der Waals surface area contributed by atoms with E-state index in [1.807, 2.05) is 13.8 Å². The topological polar surface area (TPSA) is 129 Å². The SMILES string of the molecule is Cc1nc2c(C#N)cnn2c(C)c1CCC(=O)Nc1cnc(-c2cccc(O)c2)nc1. The summed E-state index contributed by atoms with van der Waals surface area (Å²) in [6.45, 7) is 3.76. The summed E-state index contributed by atoms with van der Waals surface area (Å²) in [6, 6.07) is 8.74. The maximum atomic E-state index is 12.4. The molecule has 0 radical (unpaired) electrons. The molecule has 4 rings (SSSR count). The Labute approximate surface area is 178 Å². The zero-order valence-electron chi connectivity index (χ0n) is 17.0. The summed E-state index contributed by atoms with van der Waals surface area (Å²) in [4.78, 5) is 25.4. The quantitative estimate of drug-likeness (QED) is 0.514. The molecule has 0 atom stereocenters. The molecule has 3 aromatic heterocycles. The number of carbonyl (C=O) groups excluding carboxylic acids is 1. The van der Waals surface area contributed by atoms with Crippen molar-refractivity contribution in [1.82, 2.24) is 24.6 Å². The van der Waals surface area contributed by atoms with E-state index in [1.54, 1.807) is 28.8 Å². The maximum absolute atomic E-state index is 12.4. The van der Waals surface area contributed by atoms with Gasteiger partial charge < -0.3 is 10.4 Å². The number of aromatic nitrogens is 5. The molecule has 0 saturated heterocycles. The Hall–Kier alpha value is -4.32. The number of nitriles is 1. The molecule has 0 aliphatic rings. The molecule has 4 aromatic rings. The van der Waals surface area contributed by atoms with Gasteiger partial charge in [0, 0.05) is 23.4 Å². The molecule has 1 amide bonds. The second-order valence-electron chi connectivity index (χ2n) is 7.06. The normalized spacial score (nSPS) is 10.7. The van der Waals surface area contributed by atoms with E-state index in [1.165, 1.54) is 18.6 Å². The number of aryl methyl sites for hydroxylation is 2. The standard InChI is InChI=1S/C22H19N7O2/c1-13-19(14(2)29-22(27-13)16(9-23)10-26-29)6-7-20(31)28-17-11-24-21(25-12-17)15-4-3-5-18(30)8-15/h3-5,8,10-12,30H,6-7H2,1-2H3,(H,28,31). The van der Waals surface area contributed by atoms with E-state index in [9.17, 15) is 9.90 Å². The lowest BCUT2D eigenvalue weighted by Crippen LogP contribution is -2.14. The average Bonchev–Trinajstić information content (AvgIpc) is 3.17. The highest BCUT2D eigenvalue weighted by Gasteiger charge is 2.15. The van der Waals surface area contributed by atoms with E-state index < -0.39 is 0 Å². The van der Waals surface area contributed by atoms with Crippen LogP contribution in [0, 0.1) is 25.2 Å². The Morgan fingerprint density at radius 3 is 2.71 bits per heavy atom. The van der Waals surface area contributed by atoms with Crippen molar-refractivity contribution in [3.8, 4) is 23.2 Å². The number of hydrogen-bond acceptors (Lipinski definition) is 7. The van der Waals surface area contributed by atoms with Crippen molar-refractivity contribution in [3.05, 3.63) is 65.4 Å². The van der Waals surface area contributed by atoms with Crippen LogP contribution in [0.1, 0.15) is 28.9 Å². The number of nitrogens with zero attached hydrogens (tertiary/aromatic N) is 6. The Balaban J connectivity index is 1.43. The van der Waals surface area contributed by atoms with Gasteiger partial charge in [-0.3, -0.25) is 4.79 Å². The molecule has 1 aromatic carbocycles. The third-order valence-corrected chi connectivity index (χ3v) is 4.97. The average molecular weight is 413 g/mol. The van der Waals surface area contributed by atoms with E-state index in [0.29, 0.717) is 34.7 Å². The maximum Gasteiger partial charge on any atom is 0.224 e. The molecule has 31 heavy (non-hydrogen) atoms. The molecular formula is C22H19N7O2. The van der Waals surface area contributed by atoms with Gasteiger partial charge in [-0.1, -0.05) is 12.1 Å². The predicted molar refractivity (Wildman–Crippen MR) is 113 cm³/mol. The molecule has 154 valence electrons. The van der Waals surface area contributed by atoms with E-state index in [-0.39, 0.29) is 18.1 Å². The fourth-order valence-electron chi connectivity index (χ4n) is 3.40. The monoisotopic (exact) mass is 413 g/mol. The highest BCUT2D eigenvalue weighted by molar-refractivity contribution is 5.90. The fraction of sp³-hybridized carbons (Fsp3) is 0.182. The molecule has 0 spiro atoms. The van der Waals surface area contributed by atoms with Crippen molar-refractivity contribution < 1.29 is 9.90 Å². The van der Waals surface area contributed by atoms with Gasteiger partial charge in [-0.25, -0.2) is 19.5 Å². The van der Waals surface area contributed by atoms with Gasteiger partial charge in [0.2, 0.25) is 5.91 Å². The second kappa shape index (κ2) is 8.20. The Kier molecular flexibility index (Phi) is 5.28. The molecule has 0 bridgehead atoms. The number of fused-ring (bicyclic) bond motifs is 1. The molecule has 0 aliphatic heterocycles. The third-order valence-electron chi connectivity index (χ3n) is 4.97. The summed E-state index contributed by atoms with van der Waals surface area (Å²) in [5.74, 6) is 0.414. The first-order chi connectivity index (χ1) is 15.0. The van der Waals surface area contributed by atoms with Gasteiger partial charge in [-0.15, -0.1) is 0 Å². The van der Waals surface area contributed by atoms with Crippen LogP contribution in [0.5, 0.6) is 5.75 Å². The lowest BCUT2D eigenvalue weighted by molar-refractivity contribution is -0.116. The van der Waals surface area contributed by atoms with Crippen molar-refractivity contribution >= 4 is 17.2 Å². The van der Waals surface area contributed by atoms with Crippen LogP contribution in [0.4, 0.5) is 5.69 Å². The summed E-state index contributed by atoms with van der Waals surface area (Å²) < 4.78 is 1.63. The lowest BCUT2D eigenvalue weighted by atomic mass is 10.1. The lowest BCUT2D eigenvalue weighted by Gasteiger charge is -2.11. The molecule has 9 heteroatoms. The molecule has 3 heterocycles. The van der Waals surface area contributed by atoms with Gasteiger partial charge in [0.25, 0.3) is 0 Å². The van der Waals surface area contributed by atoms with Crippen molar-refractivity contribution in [2.45, 2.75) is 26.7 Å². The van der Waals surface area contributed by atoms with Crippen molar-refractivity contribution in [1.29, 1.82) is 5.26 Å². The molecule has 0 saturated carbocycles. The zero-order valence-corrected chi connectivity index (χ0v) is 17.0. The number of phenolic OH excluding ortho intramolecular Hbond substituents is 1. The van der Waals surface area contributed by atoms with E-state index in [2.05, 4.69) is 31.4 Å². The third kappa shape index (κ3) is 4.04. The summed E-state index contributed by atoms with van der Waals surface area (Å²) in [7, 11) is 0. The number of carbonyl (C=O) groups is 1. The number of benzene rings is 1. The summed E-state index contributed by atoms with van der Waals surface area (Å²) in [6.07, 6.45) is 5.28. The first-order valence-corrected chi connectivity index (χ1v) is 9.61. The summed E-state index contributed by atoms with van der Waals surface area (Å²) in [5, 5.41) is 25.8. The van der Waals surface area contributed by atoms with Crippen molar-refractivity contribution in [2.75, 3.05) is 5.32 Å². The second-order valence-corrected chi connectivity index (χ2v) is 7.06. The summed E-state index contributed by atoms with van der Waals surface area (Å²) in [5.41, 5.74) is 4.67. The van der Waals surface area contributed by atoms with Crippen LogP contribution in [-0.4, -0.2) is 35.6 Å². The van der Waals surface area contributed by atoms with Gasteiger partial charge >= 0.3 is 0 Å². The number of anilines is 1. The van der Waals surface area contributed by atoms with Crippen molar-refractivity contribution in [2.24, 2.45) is 0 Å². The first kappa shape index (κ1) is 20.0. The predicted octanol–water partition coefficient (Wildman–Crippen LogP) is 2.95. The van der Waals surface area contributed by atoms with Crippen LogP contribution in [0.15, 0.2) is 42.9 Å². The molecule has 0 unspecified atom stereocenters. The highest BCUT2D eigenvalue weighted by atomic mass is 16.3. The van der Waals surface area contributed by atoms with Gasteiger partial charge in [0.15, 0.2) is 11.5 Å². The number of hydrogen-bond donors (Lipinski definition) is 2. The van der Waals surface area contributed by atoms with Gasteiger partial charge in [-0.2, -0.15) is 10.4 Å². The van der Waals surface area contributed by atoms with Crippen LogP contribution in [0.2, 0.25) is 0 Å². The molecular weight excluding hydrogens is 394 g/mol. The van der Waals surface area contributed by atoms with Gasteiger partial charge in [-0.05, 0) is 38.0 Å². The van der Waals surface area contributed by atoms with E-state index >= 15 is 0 Å².